The second-order valence-corrected chi connectivity index (χ2v) is 6.90. The topological polar surface area (TPSA) is 81.1 Å². The van der Waals surface area contributed by atoms with Crippen molar-refractivity contribution in [1.29, 1.82) is 0 Å². The molecule has 1 aliphatic rings. The summed E-state index contributed by atoms with van der Waals surface area (Å²) in [6.45, 7) is 11.1. The number of alkyl carbamates (subject to hydrolysis) is 1. The Morgan fingerprint density at radius 3 is 2.77 bits per heavy atom. The van der Waals surface area contributed by atoms with Gasteiger partial charge in [-0.25, -0.2) is 4.79 Å². The van der Waals surface area contributed by atoms with Gasteiger partial charge in [-0.15, -0.1) is 10.2 Å². The van der Waals surface area contributed by atoms with Crippen molar-refractivity contribution in [3.8, 4) is 0 Å². The van der Waals surface area contributed by atoms with Crippen LogP contribution in [0.4, 0.5) is 4.79 Å². The number of nitrogens with one attached hydrogen (secondary N) is 2. The molecule has 7 heteroatoms. The predicted octanol–water partition coefficient (Wildman–Crippen LogP) is 1.79. The second kappa shape index (κ2) is 6.64. The van der Waals surface area contributed by atoms with Gasteiger partial charge >= 0.3 is 6.09 Å². The highest BCUT2D eigenvalue weighted by Gasteiger charge is 2.22. The van der Waals surface area contributed by atoms with Crippen molar-refractivity contribution in [2.45, 2.75) is 71.7 Å². The summed E-state index contributed by atoms with van der Waals surface area (Å²) >= 11 is 0. The first kappa shape index (κ1) is 16.7. The maximum absolute atomic E-state index is 11.6. The van der Waals surface area contributed by atoms with E-state index in [9.17, 15) is 4.79 Å². The average Bonchev–Trinajstić information content (AvgIpc) is 2.96. The number of fused-ring (bicyclic) bond motifs is 1. The Morgan fingerprint density at radius 1 is 1.36 bits per heavy atom. The minimum absolute atomic E-state index is 0.0924. The Labute approximate surface area is 131 Å². The summed E-state index contributed by atoms with van der Waals surface area (Å²) in [5, 5.41) is 14.7. The summed E-state index contributed by atoms with van der Waals surface area (Å²) in [6.07, 6.45) is 1.76. The van der Waals surface area contributed by atoms with E-state index in [1.165, 1.54) is 0 Å². The number of hydrogen-bond donors (Lipinski definition) is 2. The number of carbonyl (C=O) groups excluding carboxylic acids is 1. The maximum Gasteiger partial charge on any atom is 0.407 e. The summed E-state index contributed by atoms with van der Waals surface area (Å²) < 4.78 is 7.41. The normalized spacial score (nSPS) is 17.0. The molecule has 0 bridgehead atoms. The van der Waals surface area contributed by atoms with Gasteiger partial charge in [0.1, 0.15) is 17.2 Å². The first-order valence-electron chi connectivity index (χ1n) is 7.91. The average molecular weight is 309 g/mol. The van der Waals surface area contributed by atoms with Gasteiger partial charge in [0, 0.05) is 25.6 Å². The van der Waals surface area contributed by atoms with E-state index in [1.807, 2.05) is 27.7 Å². The molecule has 2 unspecified atom stereocenters. The number of ether oxygens (including phenoxy) is 1. The van der Waals surface area contributed by atoms with Crippen LogP contribution < -0.4 is 10.6 Å². The van der Waals surface area contributed by atoms with Crippen molar-refractivity contribution in [2.24, 2.45) is 0 Å². The van der Waals surface area contributed by atoms with E-state index in [2.05, 4.69) is 32.3 Å². The fourth-order valence-corrected chi connectivity index (χ4v) is 2.60. The lowest BCUT2D eigenvalue weighted by Crippen LogP contribution is -2.42. The molecule has 0 fully saturated rings. The summed E-state index contributed by atoms with van der Waals surface area (Å²) in [5.74, 6) is 2.04. The molecule has 22 heavy (non-hydrogen) atoms. The molecular weight excluding hydrogens is 282 g/mol. The number of aromatic nitrogens is 3. The van der Waals surface area contributed by atoms with Crippen LogP contribution in [0.3, 0.4) is 0 Å². The highest BCUT2D eigenvalue weighted by atomic mass is 16.6. The minimum Gasteiger partial charge on any atom is -0.444 e. The quantitative estimate of drug-likeness (QED) is 0.866. The smallest absolute Gasteiger partial charge is 0.407 e. The molecule has 7 nitrogen and oxygen atoms in total. The van der Waals surface area contributed by atoms with Crippen molar-refractivity contribution in [3.05, 3.63) is 11.6 Å². The molecule has 2 N–H and O–H groups in total. The Morgan fingerprint density at radius 2 is 2.09 bits per heavy atom. The van der Waals surface area contributed by atoms with E-state index in [-0.39, 0.29) is 12.1 Å². The Bertz CT molecular complexity index is 520. The van der Waals surface area contributed by atoms with Gasteiger partial charge in [-0.05, 0) is 41.0 Å². The van der Waals surface area contributed by atoms with Crippen molar-refractivity contribution in [1.82, 2.24) is 25.4 Å². The van der Waals surface area contributed by atoms with Crippen LogP contribution >= 0.6 is 0 Å². The summed E-state index contributed by atoms with van der Waals surface area (Å²) in [7, 11) is 0. The van der Waals surface area contributed by atoms with Gasteiger partial charge < -0.3 is 19.9 Å². The fourth-order valence-electron chi connectivity index (χ4n) is 2.60. The van der Waals surface area contributed by atoms with Gasteiger partial charge in [-0.3, -0.25) is 0 Å². The minimum atomic E-state index is -0.476. The van der Waals surface area contributed by atoms with Gasteiger partial charge in [0.2, 0.25) is 0 Å². The van der Waals surface area contributed by atoms with Crippen LogP contribution in [0.5, 0.6) is 0 Å². The Hall–Kier alpha value is -1.63. The number of rotatable bonds is 5. The van der Waals surface area contributed by atoms with E-state index in [0.29, 0.717) is 6.54 Å². The maximum atomic E-state index is 11.6. The molecular formula is C15H27N5O2. The molecule has 2 rings (SSSR count). The van der Waals surface area contributed by atoms with Gasteiger partial charge in [0.25, 0.3) is 0 Å². The number of hydrogen-bond acceptors (Lipinski definition) is 5. The number of carbonyl (C=O) groups is 1. The molecule has 0 saturated carbocycles. The van der Waals surface area contributed by atoms with E-state index in [4.69, 9.17) is 4.74 Å². The first-order valence-corrected chi connectivity index (χ1v) is 7.91. The molecule has 2 atom stereocenters. The monoisotopic (exact) mass is 309 g/mol. The van der Waals surface area contributed by atoms with Crippen molar-refractivity contribution in [2.75, 3.05) is 6.54 Å². The third-order valence-electron chi connectivity index (χ3n) is 3.51. The lowest BCUT2D eigenvalue weighted by atomic mass is 10.2. The molecule has 0 aliphatic carbocycles. The van der Waals surface area contributed by atoms with Crippen molar-refractivity contribution >= 4 is 6.09 Å². The van der Waals surface area contributed by atoms with Gasteiger partial charge in [0.05, 0.1) is 6.04 Å². The first-order chi connectivity index (χ1) is 10.3. The molecule has 1 aromatic heterocycles. The lowest BCUT2D eigenvalue weighted by Gasteiger charge is -2.22. The van der Waals surface area contributed by atoms with Crippen molar-refractivity contribution < 1.29 is 9.53 Å². The highest BCUT2D eigenvalue weighted by molar-refractivity contribution is 5.67. The van der Waals surface area contributed by atoms with Crippen LogP contribution in [0.2, 0.25) is 0 Å². The van der Waals surface area contributed by atoms with Crippen LogP contribution in [-0.2, 0) is 17.7 Å². The SMILES string of the molecule is CC(CNC(=O)OC(C)(C)C)NC(C)c1nnc2n1CCC2. The Balaban J connectivity index is 1.79. The third-order valence-corrected chi connectivity index (χ3v) is 3.51. The zero-order valence-corrected chi connectivity index (χ0v) is 14.1. The number of aryl methyl sites for hydroxylation is 1. The molecule has 0 saturated heterocycles. The van der Waals surface area contributed by atoms with E-state index >= 15 is 0 Å². The van der Waals surface area contributed by atoms with Crippen LogP contribution in [0.25, 0.3) is 0 Å². The van der Waals surface area contributed by atoms with Gasteiger partial charge in [0.15, 0.2) is 0 Å². The molecule has 1 aromatic rings. The second-order valence-electron chi connectivity index (χ2n) is 6.90. The highest BCUT2D eigenvalue weighted by Crippen LogP contribution is 2.19. The third kappa shape index (κ3) is 4.43. The van der Waals surface area contributed by atoms with Gasteiger partial charge in [-0.2, -0.15) is 0 Å². The zero-order valence-electron chi connectivity index (χ0n) is 14.1. The summed E-state index contributed by atoms with van der Waals surface area (Å²) in [6, 6.07) is 0.201. The van der Waals surface area contributed by atoms with E-state index in [1.54, 1.807) is 0 Å². The van der Waals surface area contributed by atoms with Crippen LogP contribution in [0.1, 0.15) is 58.7 Å². The molecule has 0 aromatic carbocycles. The van der Waals surface area contributed by atoms with E-state index < -0.39 is 11.7 Å². The van der Waals surface area contributed by atoms with Crippen molar-refractivity contribution in [3.63, 3.8) is 0 Å². The van der Waals surface area contributed by atoms with Gasteiger partial charge in [-0.1, -0.05) is 0 Å². The van der Waals surface area contributed by atoms with Crippen LogP contribution in [-0.4, -0.2) is 39.0 Å². The largest absolute Gasteiger partial charge is 0.444 e. The summed E-state index contributed by atoms with van der Waals surface area (Å²) in [5.41, 5.74) is -0.476. The molecule has 124 valence electrons. The summed E-state index contributed by atoms with van der Waals surface area (Å²) in [4.78, 5) is 11.6. The molecule has 1 aliphatic heterocycles. The molecule has 0 spiro atoms. The standard InChI is InChI=1S/C15H27N5O2/c1-10(9-16-14(21)22-15(3,4)5)17-11(2)13-19-18-12-7-6-8-20(12)13/h10-11,17H,6-9H2,1-5H3,(H,16,21). The molecule has 2 heterocycles. The lowest BCUT2D eigenvalue weighted by molar-refractivity contribution is 0.0522. The predicted molar refractivity (Wildman–Crippen MR) is 83.6 cm³/mol. The van der Waals surface area contributed by atoms with Crippen LogP contribution in [0.15, 0.2) is 0 Å². The zero-order chi connectivity index (χ0) is 16.3. The van der Waals surface area contributed by atoms with E-state index in [0.717, 1.165) is 31.0 Å². The number of amides is 1. The fraction of sp³-hybridized carbons (Fsp3) is 0.800. The number of nitrogens with zero attached hydrogens (tertiary/aromatic N) is 3. The Kier molecular flexibility index (Phi) is 5.05. The molecule has 1 amide bonds. The van der Waals surface area contributed by atoms with Crippen LogP contribution in [0, 0.1) is 0 Å². The molecule has 0 radical (unpaired) electrons.